The first-order chi connectivity index (χ1) is 5.35. The largest absolute Gasteiger partial charge is 0.385 e. The van der Waals surface area contributed by atoms with Gasteiger partial charge in [-0.2, -0.15) is 0 Å². The second kappa shape index (κ2) is 8.02. The molecule has 1 atom stereocenters. The van der Waals surface area contributed by atoms with Crippen LogP contribution in [0.4, 0.5) is 0 Å². The van der Waals surface area contributed by atoms with Crippen LogP contribution in [0, 0.1) is 12.8 Å². The lowest BCUT2D eigenvalue weighted by Gasteiger charge is -2.12. The Morgan fingerprint density at radius 2 is 2.00 bits per heavy atom. The van der Waals surface area contributed by atoms with E-state index in [1.54, 1.807) is 14.2 Å². The van der Waals surface area contributed by atoms with Crippen molar-refractivity contribution in [3.05, 3.63) is 6.92 Å². The van der Waals surface area contributed by atoms with Gasteiger partial charge in [0.2, 0.25) is 0 Å². The second-order valence-electron chi connectivity index (χ2n) is 2.75. The van der Waals surface area contributed by atoms with Gasteiger partial charge in [-0.1, -0.05) is 6.92 Å². The van der Waals surface area contributed by atoms with E-state index in [-0.39, 0.29) is 0 Å². The second-order valence-corrected chi connectivity index (χ2v) is 2.75. The third kappa shape index (κ3) is 6.32. The van der Waals surface area contributed by atoms with Gasteiger partial charge in [-0.25, -0.2) is 0 Å². The average Bonchev–Trinajstić information content (AvgIpc) is 2.03. The van der Waals surface area contributed by atoms with Crippen LogP contribution in [-0.4, -0.2) is 27.4 Å². The van der Waals surface area contributed by atoms with Crippen LogP contribution < -0.4 is 0 Å². The summed E-state index contributed by atoms with van der Waals surface area (Å²) in [4.78, 5) is 0. The molecule has 0 aliphatic rings. The van der Waals surface area contributed by atoms with Gasteiger partial charge in [0.15, 0.2) is 0 Å². The van der Waals surface area contributed by atoms with Crippen molar-refractivity contribution in [1.29, 1.82) is 0 Å². The van der Waals surface area contributed by atoms with E-state index in [1.165, 1.54) is 0 Å². The topological polar surface area (TPSA) is 18.5 Å². The van der Waals surface area contributed by atoms with Crippen LogP contribution in [0.25, 0.3) is 0 Å². The van der Waals surface area contributed by atoms with Gasteiger partial charge in [-0.3, -0.25) is 0 Å². The van der Waals surface area contributed by atoms with Crippen LogP contribution in [-0.2, 0) is 9.47 Å². The van der Waals surface area contributed by atoms with Gasteiger partial charge in [-0.15, -0.1) is 0 Å². The summed E-state index contributed by atoms with van der Waals surface area (Å²) >= 11 is 0. The molecule has 0 aromatic rings. The fraction of sp³-hybridized carbons (Fsp3) is 0.889. The quantitative estimate of drug-likeness (QED) is 0.528. The van der Waals surface area contributed by atoms with Crippen LogP contribution in [0.5, 0.6) is 0 Å². The number of methoxy groups -OCH3 is 2. The van der Waals surface area contributed by atoms with Crippen molar-refractivity contribution < 1.29 is 9.47 Å². The Labute approximate surface area is 69.9 Å². The van der Waals surface area contributed by atoms with Gasteiger partial charge in [0.05, 0.1) is 0 Å². The van der Waals surface area contributed by atoms with Gasteiger partial charge in [0.1, 0.15) is 0 Å². The molecular weight excluding hydrogens is 140 g/mol. The molecule has 0 heterocycles. The molecule has 0 spiro atoms. The predicted molar refractivity (Wildman–Crippen MR) is 46.5 cm³/mol. The minimum absolute atomic E-state index is 0.607. The molecule has 0 saturated heterocycles. The maximum Gasteiger partial charge on any atom is 0.0490 e. The van der Waals surface area contributed by atoms with Crippen molar-refractivity contribution >= 4 is 0 Å². The number of hydrogen-bond donors (Lipinski definition) is 0. The molecule has 0 rings (SSSR count). The van der Waals surface area contributed by atoms with Gasteiger partial charge in [-0.05, 0) is 25.2 Å². The summed E-state index contributed by atoms with van der Waals surface area (Å²) < 4.78 is 10.00. The summed E-state index contributed by atoms with van der Waals surface area (Å²) in [6.07, 6.45) is 3.22. The smallest absolute Gasteiger partial charge is 0.0490 e. The highest BCUT2D eigenvalue weighted by Gasteiger charge is 2.04. The molecule has 0 bridgehead atoms. The molecule has 0 N–H and O–H groups in total. The van der Waals surface area contributed by atoms with Gasteiger partial charge in [0, 0.05) is 27.4 Å². The molecule has 2 nitrogen and oxygen atoms in total. The molecule has 1 unspecified atom stereocenters. The minimum atomic E-state index is 0.607. The Morgan fingerprint density at radius 1 is 1.27 bits per heavy atom. The van der Waals surface area contributed by atoms with E-state index in [9.17, 15) is 0 Å². The molecule has 0 amide bonds. The van der Waals surface area contributed by atoms with Gasteiger partial charge in [0.25, 0.3) is 0 Å². The maximum atomic E-state index is 5.04. The lowest BCUT2D eigenvalue weighted by molar-refractivity contribution is 0.135. The highest BCUT2D eigenvalue weighted by Crippen LogP contribution is 2.10. The van der Waals surface area contributed by atoms with Crippen molar-refractivity contribution in [3.8, 4) is 0 Å². The average molecular weight is 159 g/mol. The highest BCUT2D eigenvalue weighted by atomic mass is 16.5. The van der Waals surface area contributed by atoms with Crippen LogP contribution in [0.2, 0.25) is 0 Å². The molecule has 2 heteroatoms. The molecule has 0 aromatic carbocycles. The van der Waals surface area contributed by atoms with Crippen LogP contribution >= 0.6 is 0 Å². The first-order valence-electron chi connectivity index (χ1n) is 4.12. The number of ether oxygens (including phenoxy) is 2. The molecule has 11 heavy (non-hydrogen) atoms. The van der Waals surface area contributed by atoms with E-state index in [0.29, 0.717) is 5.92 Å². The summed E-state index contributed by atoms with van der Waals surface area (Å²) in [6, 6.07) is 0. The first kappa shape index (κ1) is 10.9. The third-order valence-electron chi connectivity index (χ3n) is 1.77. The summed E-state index contributed by atoms with van der Waals surface area (Å²) in [5, 5.41) is 0. The Kier molecular flexibility index (Phi) is 7.96. The van der Waals surface area contributed by atoms with Crippen molar-refractivity contribution in [2.45, 2.75) is 19.3 Å². The third-order valence-corrected chi connectivity index (χ3v) is 1.77. The van der Waals surface area contributed by atoms with Crippen LogP contribution in [0.15, 0.2) is 0 Å². The Balaban J connectivity index is 3.20. The first-order valence-corrected chi connectivity index (χ1v) is 4.12. The molecule has 1 radical (unpaired) electrons. The minimum Gasteiger partial charge on any atom is -0.385 e. The Hall–Kier alpha value is -0.0800. The number of rotatable bonds is 7. The van der Waals surface area contributed by atoms with Gasteiger partial charge < -0.3 is 9.47 Å². The van der Waals surface area contributed by atoms with E-state index in [2.05, 4.69) is 6.92 Å². The van der Waals surface area contributed by atoms with E-state index in [1.807, 2.05) is 0 Å². The van der Waals surface area contributed by atoms with E-state index in [4.69, 9.17) is 9.47 Å². The van der Waals surface area contributed by atoms with Gasteiger partial charge >= 0.3 is 0 Å². The monoisotopic (exact) mass is 159 g/mol. The molecular formula is C9H19O2. The molecule has 0 fully saturated rings. The zero-order valence-electron chi connectivity index (χ0n) is 7.64. The number of hydrogen-bond acceptors (Lipinski definition) is 2. The molecule has 0 aliphatic heterocycles. The van der Waals surface area contributed by atoms with Crippen molar-refractivity contribution in [2.75, 3.05) is 27.4 Å². The fourth-order valence-electron chi connectivity index (χ4n) is 1.06. The van der Waals surface area contributed by atoms with Crippen molar-refractivity contribution in [1.82, 2.24) is 0 Å². The Bertz CT molecular complexity index is 74.0. The van der Waals surface area contributed by atoms with E-state index >= 15 is 0 Å². The van der Waals surface area contributed by atoms with E-state index in [0.717, 1.165) is 32.5 Å². The normalized spacial score (nSPS) is 13.4. The summed E-state index contributed by atoms with van der Waals surface area (Å²) in [6.45, 7) is 5.54. The molecule has 0 saturated carbocycles. The summed E-state index contributed by atoms with van der Waals surface area (Å²) in [5.74, 6) is 0.607. The van der Waals surface area contributed by atoms with Crippen LogP contribution in [0.1, 0.15) is 19.3 Å². The molecule has 0 aromatic heterocycles. The lowest BCUT2D eigenvalue weighted by atomic mass is 10.0. The maximum absolute atomic E-state index is 5.04. The van der Waals surface area contributed by atoms with E-state index < -0.39 is 0 Å². The van der Waals surface area contributed by atoms with Crippen molar-refractivity contribution in [2.24, 2.45) is 5.92 Å². The standard InChI is InChI=1S/C9H19O2/c1-4-9(8-11-3)6-5-7-10-2/h9H,1,4-8H2,2-3H3. The fourth-order valence-corrected chi connectivity index (χ4v) is 1.06. The Morgan fingerprint density at radius 3 is 2.45 bits per heavy atom. The van der Waals surface area contributed by atoms with Crippen molar-refractivity contribution in [3.63, 3.8) is 0 Å². The predicted octanol–water partition coefficient (Wildman–Crippen LogP) is 1.90. The zero-order chi connectivity index (χ0) is 8.53. The summed E-state index contributed by atoms with van der Waals surface area (Å²) in [7, 11) is 3.47. The SMILES string of the molecule is [CH2]CC(CCCOC)COC. The lowest BCUT2D eigenvalue weighted by Crippen LogP contribution is -2.07. The molecule has 0 aliphatic carbocycles. The highest BCUT2D eigenvalue weighted by molar-refractivity contribution is 4.59. The summed E-state index contributed by atoms with van der Waals surface area (Å²) in [5.41, 5.74) is 0. The zero-order valence-corrected chi connectivity index (χ0v) is 7.64. The molecule has 67 valence electrons. The van der Waals surface area contributed by atoms with Crippen LogP contribution in [0.3, 0.4) is 0 Å².